The molecule has 0 aromatic heterocycles. The van der Waals surface area contributed by atoms with Crippen LogP contribution in [0.25, 0.3) is 0 Å². The van der Waals surface area contributed by atoms with Crippen LogP contribution in [0.5, 0.6) is 0 Å². The first-order chi connectivity index (χ1) is 12.4. The molecule has 1 amide bonds. The Bertz CT molecular complexity index is 807. The summed E-state index contributed by atoms with van der Waals surface area (Å²) < 4.78 is 0. The summed E-state index contributed by atoms with van der Waals surface area (Å²) in [6.45, 7) is 3.45. The topological polar surface area (TPSA) is 35.6 Å². The molecule has 2 aromatic rings. The molecule has 8 heteroatoms. The molecular formula is C18H17Cl4N3O. The average molecular weight is 433 g/mol. The molecule has 138 valence electrons. The molecule has 26 heavy (non-hydrogen) atoms. The van der Waals surface area contributed by atoms with Crippen LogP contribution >= 0.6 is 46.4 Å². The van der Waals surface area contributed by atoms with Gasteiger partial charge in [-0.15, -0.1) is 0 Å². The molecule has 2 aromatic carbocycles. The van der Waals surface area contributed by atoms with Gasteiger partial charge in [-0.05, 0) is 24.3 Å². The highest BCUT2D eigenvalue weighted by atomic mass is 35.5. The number of anilines is 2. The number of nitrogens with zero attached hydrogens (tertiary/aromatic N) is 2. The summed E-state index contributed by atoms with van der Waals surface area (Å²) in [5, 5.41) is 4.59. The fraction of sp³-hybridized carbons (Fsp3) is 0.278. The van der Waals surface area contributed by atoms with E-state index in [1.807, 2.05) is 24.3 Å². The van der Waals surface area contributed by atoms with Crippen LogP contribution in [0.2, 0.25) is 20.1 Å². The van der Waals surface area contributed by atoms with E-state index >= 15 is 0 Å². The van der Waals surface area contributed by atoms with Crippen LogP contribution in [-0.2, 0) is 4.79 Å². The molecule has 1 N–H and O–H groups in total. The van der Waals surface area contributed by atoms with Gasteiger partial charge in [0.25, 0.3) is 0 Å². The molecule has 1 fully saturated rings. The predicted octanol–water partition coefficient (Wildman–Crippen LogP) is 5.06. The van der Waals surface area contributed by atoms with Crippen LogP contribution in [0.3, 0.4) is 0 Å². The molecule has 3 rings (SSSR count). The van der Waals surface area contributed by atoms with Crippen molar-refractivity contribution in [1.82, 2.24) is 4.90 Å². The zero-order valence-corrected chi connectivity index (χ0v) is 16.8. The van der Waals surface area contributed by atoms with Gasteiger partial charge in [0.1, 0.15) is 0 Å². The summed E-state index contributed by atoms with van der Waals surface area (Å²) in [5.41, 5.74) is 1.49. The Balaban J connectivity index is 1.54. The van der Waals surface area contributed by atoms with Crippen molar-refractivity contribution in [3.05, 3.63) is 56.5 Å². The van der Waals surface area contributed by atoms with Crippen LogP contribution < -0.4 is 10.2 Å². The number of amides is 1. The molecule has 0 aliphatic carbocycles. The Kier molecular flexibility index (Phi) is 6.54. The van der Waals surface area contributed by atoms with Crippen LogP contribution in [0.15, 0.2) is 36.4 Å². The SMILES string of the molecule is O=C(CN1CCN(c2ccccc2Cl)CC1)Nc1cc(Cl)c(Cl)cc1Cl. The molecule has 0 radical (unpaired) electrons. The minimum atomic E-state index is -0.142. The maximum Gasteiger partial charge on any atom is 0.238 e. The third-order valence-electron chi connectivity index (χ3n) is 4.22. The number of hydrogen-bond acceptors (Lipinski definition) is 3. The van der Waals surface area contributed by atoms with Crippen molar-refractivity contribution >= 4 is 63.7 Å². The highest BCUT2D eigenvalue weighted by Crippen LogP contribution is 2.32. The van der Waals surface area contributed by atoms with E-state index in [0.29, 0.717) is 20.8 Å². The molecule has 1 aliphatic rings. The zero-order valence-electron chi connectivity index (χ0n) is 13.8. The molecule has 0 saturated carbocycles. The fourth-order valence-electron chi connectivity index (χ4n) is 2.87. The highest BCUT2D eigenvalue weighted by molar-refractivity contribution is 6.44. The molecule has 0 spiro atoms. The molecular weight excluding hydrogens is 416 g/mol. The lowest BCUT2D eigenvalue weighted by molar-refractivity contribution is -0.117. The van der Waals surface area contributed by atoms with E-state index < -0.39 is 0 Å². The lowest BCUT2D eigenvalue weighted by Gasteiger charge is -2.36. The van der Waals surface area contributed by atoms with Crippen LogP contribution in [0.4, 0.5) is 11.4 Å². The largest absolute Gasteiger partial charge is 0.368 e. The number of hydrogen-bond donors (Lipinski definition) is 1. The summed E-state index contributed by atoms with van der Waals surface area (Å²) in [4.78, 5) is 16.6. The Morgan fingerprint density at radius 2 is 1.54 bits per heavy atom. The van der Waals surface area contributed by atoms with Crippen LogP contribution in [-0.4, -0.2) is 43.5 Å². The van der Waals surface area contributed by atoms with Gasteiger partial charge in [-0.2, -0.15) is 0 Å². The number of benzene rings is 2. The van der Waals surface area contributed by atoms with E-state index in [9.17, 15) is 4.79 Å². The van der Waals surface area contributed by atoms with Gasteiger partial charge in [-0.25, -0.2) is 0 Å². The van der Waals surface area contributed by atoms with Gasteiger partial charge in [0.05, 0.1) is 38.0 Å². The van der Waals surface area contributed by atoms with Crippen molar-refractivity contribution in [1.29, 1.82) is 0 Å². The minimum Gasteiger partial charge on any atom is -0.368 e. The summed E-state index contributed by atoms with van der Waals surface area (Å²) >= 11 is 24.2. The third kappa shape index (κ3) is 4.76. The van der Waals surface area contributed by atoms with Crippen molar-refractivity contribution in [2.24, 2.45) is 0 Å². The second-order valence-corrected chi connectivity index (χ2v) is 7.64. The number of carbonyl (C=O) groups excluding carboxylic acids is 1. The number of rotatable bonds is 4. The molecule has 0 unspecified atom stereocenters. The second-order valence-electron chi connectivity index (χ2n) is 6.01. The van der Waals surface area contributed by atoms with Crippen molar-refractivity contribution in [3.63, 3.8) is 0 Å². The molecule has 1 aliphatic heterocycles. The van der Waals surface area contributed by atoms with Gasteiger partial charge in [0, 0.05) is 26.2 Å². The van der Waals surface area contributed by atoms with Crippen molar-refractivity contribution in [3.8, 4) is 0 Å². The molecule has 1 saturated heterocycles. The quantitative estimate of drug-likeness (QED) is 0.685. The Morgan fingerprint density at radius 3 is 2.23 bits per heavy atom. The smallest absolute Gasteiger partial charge is 0.238 e. The van der Waals surface area contributed by atoms with Gasteiger partial charge in [0.2, 0.25) is 5.91 Å². The van der Waals surface area contributed by atoms with E-state index in [1.54, 1.807) is 6.07 Å². The van der Waals surface area contributed by atoms with Gasteiger partial charge >= 0.3 is 0 Å². The predicted molar refractivity (Wildman–Crippen MR) is 110 cm³/mol. The number of carbonyl (C=O) groups is 1. The monoisotopic (exact) mass is 431 g/mol. The van der Waals surface area contributed by atoms with E-state index in [1.165, 1.54) is 6.07 Å². The Hall–Kier alpha value is -1.17. The highest BCUT2D eigenvalue weighted by Gasteiger charge is 2.21. The molecule has 0 bridgehead atoms. The second kappa shape index (κ2) is 8.68. The van der Waals surface area contributed by atoms with Gasteiger partial charge in [-0.1, -0.05) is 58.5 Å². The van der Waals surface area contributed by atoms with Gasteiger partial charge in [0.15, 0.2) is 0 Å². The maximum atomic E-state index is 12.3. The summed E-state index contributed by atoms with van der Waals surface area (Å²) in [7, 11) is 0. The zero-order chi connectivity index (χ0) is 18.7. The normalized spacial score (nSPS) is 15.2. The van der Waals surface area contributed by atoms with Crippen molar-refractivity contribution in [2.45, 2.75) is 0 Å². The van der Waals surface area contributed by atoms with Crippen molar-refractivity contribution in [2.75, 3.05) is 42.9 Å². The number of para-hydroxylation sites is 1. The molecule has 0 atom stereocenters. The minimum absolute atomic E-state index is 0.142. The van der Waals surface area contributed by atoms with E-state index in [2.05, 4.69) is 15.1 Å². The van der Waals surface area contributed by atoms with Crippen LogP contribution in [0.1, 0.15) is 0 Å². The lowest BCUT2D eigenvalue weighted by Crippen LogP contribution is -2.48. The average Bonchev–Trinajstić information content (AvgIpc) is 2.61. The van der Waals surface area contributed by atoms with E-state index in [-0.39, 0.29) is 12.5 Å². The standard InChI is InChI=1S/C18H17Cl4N3O/c19-12-3-1-2-4-17(12)25-7-5-24(6-8-25)11-18(26)23-16-10-14(21)13(20)9-15(16)22/h1-4,9-10H,5-8,11H2,(H,23,26). The van der Waals surface area contributed by atoms with E-state index in [4.69, 9.17) is 46.4 Å². The lowest BCUT2D eigenvalue weighted by atomic mass is 10.2. The molecule has 4 nitrogen and oxygen atoms in total. The number of halogens is 4. The Labute approximate surface area is 172 Å². The third-order valence-corrected chi connectivity index (χ3v) is 5.57. The number of nitrogens with one attached hydrogen (secondary N) is 1. The summed E-state index contributed by atoms with van der Waals surface area (Å²) in [6.07, 6.45) is 0. The van der Waals surface area contributed by atoms with Crippen LogP contribution in [0, 0.1) is 0 Å². The van der Waals surface area contributed by atoms with Gasteiger partial charge < -0.3 is 10.2 Å². The fourth-order valence-corrected chi connectivity index (χ4v) is 3.72. The van der Waals surface area contributed by atoms with E-state index in [0.717, 1.165) is 36.9 Å². The first-order valence-corrected chi connectivity index (χ1v) is 9.61. The number of piperazine rings is 1. The summed E-state index contributed by atoms with van der Waals surface area (Å²) in [6, 6.07) is 10.9. The first kappa shape index (κ1) is 19.6. The molecule has 1 heterocycles. The van der Waals surface area contributed by atoms with Gasteiger partial charge in [-0.3, -0.25) is 9.69 Å². The summed E-state index contributed by atoms with van der Waals surface area (Å²) in [5.74, 6) is -0.142. The Morgan fingerprint density at radius 1 is 0.885 bits per heavy atom. The first-order valence-electron chi connectivity index (χ1n) is 8.10. The van der Waals surface area contributed by atoms with Crippen molar-refractivity contribution < 1.29 is 4.79 Å². The maximum absolute atomic E-state index is 12.3.